The van der Waals surface area contributed by atoms with Gasteiger partial charge in [-0.25, -0.2) is 0 Å². The fourth-order valence-corrected chi connectivity index (χ4v) is 1.14. The number of rotatable bonds is 1. The van der Waals surface area contributed by atoms with Gasteiger partial charge in [-0.3, -0.25) is 0 Å². The first-order valence-corrected chi connectivity index (χ1v) is 3.41. The molecule has 0 aromatic carbocycles. The Morgan fingerprint density at radius 3 is 2.89 bits per heavy atom. The Morgan fingerprint density at radius 2 is 2.44 bits per heavy atom. The van der Waals surface area contributed by atoms with Crippen LogP contribution in [0.4, 0.5) is 0 Å². The summed E-state index contributed by atoms with van der Waals surface area (Å²) < 4.78 is 0. The second-order valence-corrected chi connectivity index (χ2v) is 2.60. The van der Waals surface area contributed by atoms with Crippen molar-refractivity contribution in [3.05, 3.63) is 0 Å². The molecule has 1 fully saturated rings. The second-order valence-electron chi connectivity index (χ2n) is 2.60. The molecular weight excluding hydrogens is 116 g/mol. The van der Waals surface area contributed by atoms with Crippen LogP contribution in [0, 0.1) is 5.92 Å². The van der Waals surface area contributed by atoms with Crippen LogP contribution in [0.15, 0.2) is 0 Å². The average molecular weight is 130 g/mol. The molecule has 2 unspecified atom stereocenters. The van der Waals surface area contributed by atoms with Crippen molar-refractivity contribution in [2.45, 2.75) is 12.5 Å². The number of hydrogen-bond donors (Lipinski definition) is 3. The Bertz CT molecular complexity index is 87.1. The third-order valence-electron chi connectivity index (χ3n) is 1.90. The molecule has 3 heteroatoms. The standard InChI is InChI=1S/C6H14N2O/c7-6-1-2-8-3-5(6)4-9/h5-6,8-9H,1-4,7H2. The van der Waals surface area contributed by atoms with Gasteiger partial charge in [0.2, 0.25) is 0 Å². The van der Waals surface area contributed by atoms with Crippen molar-refractivity contribution < 1.29 is 5.11 Å². The predicted molar refractivity (Wildman–Crippen MR) is 36.0 cm³/mol. The highest BCUT2D eigenvalue weighted by Gasteiger charge is 2.19. The van der Waals surface area contributed by atoms with E-state index in [1.807, 2.05) is 0 Å². The van der Waals surface area contributed by atoms with Gasteiger partial charge in [0.05, 0.1) is 0 Å². The number of aliphatic hydroxyl groups is 1. The van der Waals surface area contributed by atoms with Crippen molar-refractivity contribution in [3.63, 3.8) is 0 Å². The average Bonchev–Trinajstić information content (AvgIpc) is 1.89. The van der Waals surface area contributed by atoms with Crippen molar-refractivity contribution in [3.8, 4) is 0 Å². The van der Waals surface area contributed by atoms with Gasteiger partial charge in [-0.15, -0.1) is 0 Å². The molecule has 2 atom stereocenters. The van der Waals surface area contributed by atoms with Crippen molar-refractivity contribution in [2.75, 3.05) is 19.7 Å². The van der Waals surface area contributed by atoms with Crippen molar-refractivity contribution in [1.29, 1.82) is 0 Å². The van der Waals surface area contributed by atoms with Crippen molar-refractivity contribution in [1.82, 2.24) is 5.32 Å². The predicted octanol–water partition coefficient (Wildman–Crippen LogP) is -1.08. The zero-order chi connectivity index (χ0) is 6.69. The number of nitrogens with one attached hydrogen (secondary N) is 1. The van der Waals surface area contributed by atoms with E-state index in [-0.39, 0.29) is 18.6 Å². The lowest BCUT2D eigenvalue weighted by atomic mass is 9.95. The van der Waals surface area contributed by atoms with Gasteiger partial charge >= 0.3 is 0 Å². The number of piperidine rings is 1. The summed E-state index contributed by atoms with van der Waals surface area (Å²) in [5.41, 5.74) is 5.69. The van der Waals surface area contributed by atoms with E-state index >= 15 is 0 Å². The van der Waals surface area contributed by atoms with Gasteiger partial charge in [0.25, 0.3) is 0 Å². The lowest BCUT2D eigenvalue weighted by Crippen LogP contribution is -2.46. The Kier molecular flexibility index (Phi) is 2.45. The summed E-state index contributed by atoms with van der Waals surface area (Å²) in [6.45, 7) is 2.09. The number of aliphatic hydroxyl groups excluding tert-OH is 1. The molecule has 0 amide bonds. The Morgan fingerprint density at radius 1 is 1.67 bits per heavy atom. The topological polar surface area (TPSA) is 58.3 Å². The molecule has 0 saturated carbocycles. The molecule has 0 bridgehead atoms. The first-order valence-electron chi connectivity index (χ1n) is 3.41. The number of hydrogen-bond acceptors (Lipinski definition) is 3. The molecule has 0 aliphatic carbocycles. The smallest absolute Gasteiger partial charge is 0.0486 e. The largest absolute Gasteiger partial charge is 0.396 e. The molecule has 3 nitrogen and oxygen atoms in total. The van der Waals surface area contributed by atoms with Gasteiger partial charge in [0.15, 0.2) is 0 Å². The summed E-state index contributed by atoms with van der Waals surface area (Å²) in [7, 11) is 0. The van der Waals surface area contributed by atoms with E-state index in [0.717, 1.165) is 19.5 Å². The van der Waals surface area contributed by atoms with E-state index < -0.39 is 0 Å². The Labute approximate surface area is 55.2 Å². The quantitative estimate of drug-likeness (QED) is 0.423. The van der Waals surface area contributed by atoms with Gasteiger partial charge in [-0.2, -0.15) is 0 Å². The van der Waals surface area contributed by atoms with Crippen LogP contribution in [-0.2, 0) is 0 Å². The molecule has 0 spiro atoms. The van der Waals surface area contributed by atoms with Crippen LogP contribution in [0.3, 0.4) is 0 Å². The van der Waals surface area contributed by atoms with E-state index in [0.29, 0.717) is 0 Å². The SMILES string of the molecule is NC1CCNCC1CO. The molecule has 0 aromatic heterocycles. The van der Waals surface area contributed by atoms with E-state index in [1.165, 1.54) is 0 Å². The van der Waals surface area contributed by atoms with E-state index in [4.69, 9.17) is 10.8 Å². The molecule has 1 saturated heterocycles. The van der Waals surface area contributed by atoms with E-state index in [9.17, 15) is 0 Å². The van der Waals surface area contributed by atoms with Crippen LogP contribution in [0.1, 0.15) is 6.42 Å². The fourth-order valence-electron chi connectivity index (χ4n) is 1.14. The molecule has 0 aromatic rings. The second kappa shape index (κ2) is 3.15. The fraction of sp³-hybridized carbons (Fsp3) is 1.00. The number of nitrogens with two attached hydrogens (primary N) is 1. The normalized spacial score (nSPS) is 36.7. The van der Waals surface area contributed by atoms with Crippen LogP contribution in [-0.4, -0.2) is 30.8 Å². The lowest BCUT2D eigenvalue weighted by Gasteiger charge is -2.27. The van der Waals surface area contributed by atoms with Gasteiger partial charge in [0, 0.05) is 25.1 Å². The zero-order valence-electron chi connectivity index (χ0n) is 5.51. The van der Waals surface area contributed by atoms with Crippen LogP contribution >= 0.6 is 0 Å². The third-order valence-corrected chi connectivity index (χ3v) is 1.90. The maximum atomic E-state index is 8.74. The maximum absolute atomic E-state index is 8.74. The molecule has 1 aliphatic heterocycles. The molecule has 9 heavy (non-hydrogen) atoms. The maximum Gasteiger partial charge on any atom is 0.0486 e. The first kappa shape index (κ1) is 6.99. The first-order chi connectivity index (χ1) is 4.34. The molecule has 1 aliphatic rings. The summed E-state index contributed by atoms with van der Waals surface area (Å²) in [6, 6.07) is 0.205. The summed E-state index contributed by atoms with van der Waals surface area (Å²) >= 11 is 0. The van der Waals surface area contributed by atoms with Crippen LogP contribution in [0.2, 0.25) is 0 Å². The van der Waals surface area contributed by atoms with E-state index in [1.54, 1.807) is 0 Å². The summed E-state index contributed by atoms with van der Waals surface area (Å²) in [5.74, 6) is 0.277. The van der Waals surface area contributed by atoms with Gasteiger partial charge in [-0.05, 0) is 13.0 Å². The molecule has 1 rings (SSSR count). The summed E-state index contributed by atoms with van der Waals surface area (Å²) in [4.78, 5) is 0. The molecule has 54 valence electrons. The van der Waals surface area contributed by atoms with Gasteiger partial charge in [-0.1, -0.05) is 0 Å². The van der Waals surface area contributed by atoms with Crippen molar-refractivity contribution in [2.24, 2.45) is 11.7 Å². The minimum absolute atomic E-state index is 0.205. The van der Waals surface area contributed by atoms with Gasteiger partial charge in [0.1, 0.15) is 0 Å². The Balaban J connectivity index is 2.30. The zero-order valence-corrected chi connectivity index (χ0v) is 5.51. The molecule has 0 radical (unpaired) electrons. The minimum atomic E-state index is 0.205. The van der Waals surface area contributed by atoms with Crippen molar-refractivity contribution >= 4 is 0 Å². The highest BCUT2D eigenvalue weighted by molar-refractivity contribution is 4.79. The minimum Gasteiger partial charge on any atom is -0.396 e. The highest BCUT2D eigenvalue weighted by Crippen LogP contribution is 2.06. The molecule has 1 heterocycles. The lowest BCUT2D eigenvalue weighted by molar-refractivity contribution is 0.181. The van der Waals surface area contributed by atoms with Crippen LogP contribution in [0.25, 0.3) is 0 Å². The molecule has 4 N–H and O–H groups in total. The third kappa shape index (κ3) is 1.64. The molecular formula is C6H14N2O. The summed E-state index contributed by atoms with van der Waals surface area (Å²) in [6.07, 6.45) is 0.991. The summed E-state index contributed by atoms with van der Waals surface area (Å²) in [5, 5.41) is 11.9. The van der Waals surface area contributed by atoms with Crippen LogP contribution in [0.5, 0.6) is 0 Å². The van der Waals surface area contributed by atoms with Crippen LogP contribution < -0.4 is 11.1 Å². The Hall–Kier alpha value is -0.120. The highest BCUT2D eigenvalue weighted by atomic mass is 16.3. The van der Waals surface area contributed by atoms with Gasteiger partial charge < -0.3 is 16.2 Å². The monoisotopic (exact) mass is 130 g/mol. The van der Waals surface area contributed by atoms with E-state index in [2.05, 4.69) is 5.32 Å².